The molecule has 0 spiro atoms. The zero-order chi connectivity index (χ0) is 14.5. The summed E-state index contributed by atoms with van der Waals surface area (Å²) in [4.78, 5) is 0. The molecule has 0 heterocycles. The Morgan fingerprint density at radius 3 is 2.47 bits per heavy atom. The van der Waals surface area contributed by atoms with Gasteiger partial charge in [0.1, 0.15) is 0 Å². The molecule has 0 aliphatic heterocycles. The summed E-state index contributed by atoms with van der Waals surface area (Å²) in [6.45, 7) is 9.50. The van der Waals surface area contributed by atoms with E-state index in [0.717, 1.165) is 45.1 Å². The van der Waals surface area contributed by atoms with Crippen LogP contribution in [0, 0.1) is 5.41 Å². The third-order valence-corrected chi connectivity index (χ3v) is 6.51. The second kappa shape index (κ2) is 7.07. The monoisotopic (exact) mass is 289 g/mol. The molecule has 0 saturated heterocycles. The molecule has 0 aromatic carbocycles. The summed E-state index contributed by atoms with van der Waals surface area (Å²) in [6, 6.07) is 0.162. The predicted octanol–water partition coefficient (Wildman–Crippen LogP) is 3.15. The number of sulfone groups is 1. The van der Waals surface area contributed by atoms with Gasteiger partial charge in [-0.25, -0.2) is 8.42 Å². The van der Waals surface area contributed by atoms with E-state index in [-0.39, 0.29) is 16.7 Å². The highest BCUT2D eigenvalue weighted by molar-refractivity contribution is 7.92. The van der Waals surface area contributed by atoms with E-state index in [2.05, 4.69) is 26.1 Å². The third kappa shape index (κ3) is 5.07. The van der Waals surface area contributed by atoms with E-state index in [4.69, 9.17) is 0 Å². The lowest BCUT2D eigenvalue weighted by Gasteiger charge is -2.40. The van der Waals surface area contributed by atoms with Crippen LogP contribution in [0.1, 0.15) is 66.2 Å². The van der Waals surface area contributed by atoms with Crippen LogP contribution in [0.2, 0.25) is 0 Å². The second-order valence-corrected chi connectivity index (χ2v) is 9.07. The molecule has 1 aliphatic carbocycles. The van der Waals surface area contributed by atoms with Gasteiger partial charge in [0.2, 0.25) is 0 Å². The Balaban J connectivity index is 2.81. The molecule has 0 bridgehead atoms. The normalized spacial score (nSPS) is 27.4. The Hall–Kier alpha value is -0.0900. The summed E-state index contributed by atoms with van der Waals surface area (Å²) in [5.41, 5.74) is 0.161. The van der Waals surface area contributed by atoms with Crippen molar-refractivity contribution in [3.8, 4) is 0 Å². The first kappa shape index (κ1) is 17.0. The van der Waals surface area contributed by atoms with Crippen molar-refractivity contribution in [3.05, 3.63) is 0 Å². The van der Waals surface area contributed by atoms with E-state index in [1.807, 2.05) is 6.92 Å². The number of hydrogen-bond donors (Lipinski definition) is 1. The quantitative estimate of drug-likeness (QED) is 0.783. The van der Waals surface area contributed by atoms with Gasteiger partial charge in [-0.1, -0.05) is 34.1 Å². The summed E-state index contributed by atoms with van der Waals surface area (Å²) in [7, 11) is -2.96. The second-order valence-electron chi connectivity index (χ2n) is 6.73. The molecule has 19 heavy (non-hydrogen) atoms. The maximum absolute atomic E-state index is 12.6. The van der Waals surface area contributed by atoms with Crippen molar-refractivity contribution in [3.63, 3.8) is 0 Å². The SMILES string of the molecule is CCCCS(=O)(=O)C1CC(C)(C)CCC1NCCC. The third-order valence-electron chi connectivity index (χ3n) is 4.23. The lowest BCUT2D eigenvalue weighted by atomic mass is 9.75. The highest BCUT2D eigenvalue weighted by Crippen LogP contribution is 2.38. The average Bonchev–Trinajstić information content (AvgIpc) is 2.34. The summed E-state index contributed by atoms with van der Waals surface area (Å²) < 4.78 is 25.1. The van der Waals surface area contributed by atoms with Gasteiger partial charge in [-0.2, -0.15) is 0 Å². The molecule has 1 rings (SSSR count). The van der Waals surface area contributed by atoms with E-state index >= 15 is 0 Å². The van der Waals surface area contributed by atoms with Crippen LogP contribution in [0.25, 0.3) is 0 Å². The Morgan fingerprint density at radius 1 is 1.21 bits per heavy atom. The van der Waals surface area contributed by atoms with E-state index in [1.165, 1.54) is 0 Å². The van der Waals surface area contributed by atoms with Gasteiger partial charge < -0.3 is 5.32 Å². The number of hydrogen-bond acceptors (Lipinski definition) is 3. The summed E-state index contributed by atoms with van der Waals surface area (Å²) >= 11 is 0. The topological polar surface area (TPSA) is 46.2 Å². The molecular formula is C15H31NO2S. The number of nitrogens with one attached hydrogen (secondary N) is 1. The van der Waals surface area contributed by atoms with Gasteiger partial charge in [0.25, 0.3) is 0 Å². The van der Waals surface area contributed by atoms with Crippen LogP contribution in [0.5, 0.6) is 0 Å². The molecule has 4 heteroatoms. The van der Waals surface area contributed by atoms with Gasteiger partial charge in [0, 0.05) is 6.04 Å². The number of unbranched alkanes of at least 4 members (excludes halogenated alkanes) is 1. The first-order chi connectivity index (χ1) is 8.82. The van der Waals surface area contributed by atoms with Crippen molar-refractivity contribution in [2.45, 2.75) is 77.5 Å². The lowest BCUT2D eigenvalue weighted by molar-refractivity contribution is 0.209. The molecule has 1 aliphatic rings. The zero-order valence-electron chi connectivity index (χ0n) is 13.0. The van der Waals surface area contributed by atoms with Gasteiger partial charge in [-0.05, 0) is 44.1 Å². The molecule has 1 N–H and O–H groups in total. The van der Waals surface area contributed by atoms with E-state index < -0.39 is 9.84 Å². The van der Waals surface area contributed by atoms with Crippen molar-refractivity contribution in [1.29, 1.82) is 0 Å². The molecule has 1 fully saturated rings. The Labute approximate surface area is 119 Å². The van der Waals surface area contributed by atoms with E-state index in [9.17, 15) is 8.42 Å². The Morgan fingerprint density at radius 2 is 1.89 bits per heavy atom. The molecule has 0 radical (unpaired) electrons. The largest absolute Gasteiger partial charge is 0.313 e. The minimum Gasteiger partial charge on any atom is -0.313 e. The van der Waals surface area contributed by atoms with Gasteiger partial charge in [-0.3, -0.25) is 0 Å². The van der Waals surface area contributed by atoms with Crippen LogP contribution in [-0.4, -0.2) is 32.0 Å². The molecule has 2 unspecified atom stereocenters. The standard InChI is InChI=1S/C15H31NO2S/c1-5-7-11-19(17,18)14-12-15(3,4)9-8-13(14)16-10-6-2/h13-14,16H,5-12H2,1-4H3. The van der Waals surface area contributed by atoms with E-state index in [1.54, 1.807) is 0 Å². The minimum atomic E-state index is -2.96. The fraction of sp³-hybridized carbons (Fsp3) is 1.00. The van der Waals surface area contributed by atoms with E-state index in [0.29, 0.717) is 5.75 Å². The van der Waals surface area contributed by atoms with Crippen molar-refractivity contribution in [2.75, 3.05) is 12.3 Å². The molecule has 1 saturated carbocycles. The molecule has 0 amide bonds. The molecule has 0 aromatic rings. The summed E-state index contributed by atoms with van der Waals surface area (Å²) in [5, 5.41) is 3.28. The van der Waals surface area contributed by atoms with Gasteiger partial charge in [0.05, 0.1) is 11.0 Å². The maximum atomic E-state index is 12.6. The fourth-order valence-corrected chi connectivity index (χ4v) is 5.39. The van der Waals surface area contributed by atoms with Crippen molar-refractivity contribution < 1.29 is 8.42 Å². The molecule has 114 valence electrons. The molecule has 3 nitrogen and oxygen atoms in total. The van der Waals surface area contributed by atoms with Crippen LogP contribution in [0.4, 0.5) is 0 Å². The highest BCUT2D eigenvalue weighted by Gasteiger charge is 2.41. The minimum absolute atomic E-state index is 0.161. The first-order valence-electron chi connectivity index (χ1n) is 7.77. The molecular weight excluding hydrogens is 258 g/mol. The van der Waals surface area contributed by atoms with Crippen LogP contribution in [0.3, 0.4) is 0 Å². The fourth-order valence-electron chi connectivity index (χ4n) is 2.96. The van der Waals surface area contributed by atoms with Crippen LogP contribution < -0.4 is 5.32 Å². The van der Waals surface area contributed by atoms with Gasteiger partial charge in [0.15, 0.2) is 9.84 Å². The van der Waals surface area contributed by atoms with Crippen LogP contribution >= 0.6 is 0 Å². The predicted molar refractivity (Wildman–Crippen MR) is 82.2 cm³/mol. The zero-order valence-corrected chi connectivity index (χ0v) is 13.9. The summed E-state index contributed by atoms with van der Waals surface area (Å²) in [5.74, 6) is 0.356. The highest BCUT2D eigenvalue weighted by atomic mass is 32.2. The van der Waals surface area contributed by atoms with Crippen LogP contribution in [0.15, 0.2) is 0 Å². The van der Waals surface area contributed by atoms with Gasteiger partial charge in [-0.15, -0.1) is 0 Å². The van der Waals surface area contributed by atoms with Crippen molar-refractivity contribution >= 4 is 9.84 Å². The Bertz CT molecular complexity index is 362. The smallest absolute Gasteiger partial charge is 0.154 e. The van der Waals surface area contributed by atoms with Crippen molar-refractivity contribution in [2.24, 2.45) is 5.41 Å². The summed E-state index contributed by atoms with van der Waals surface area (Å²) in [6.07, 6.45) is 5.71. The van der Waals surface area contributed by atoms with Gasteiger partial charge >= 0.3 is 0 Å². The first-order valence-corrected chi connectivity index (χ1v) is 9.49. The molecule has 0 aromatic heterocycles. The molecule has 2 atom stereocenters. The van der Waals surface area contributed by atoms with Crippen LogP contribution in [-0.2, 0) is 9.84 Å². The maximum Gasteiger partial charge on any atom is 0.154 e. The number of rotatable bonds is 7. The average molecular weight is 289 g/mol. The Kier molecular flexibility index (Phi) is 6.31. The lowest BCUT2D eigenvalue weighted by Crippen LogP contribution is -2.50. The van der Waals surface area contributed by atoms with Crippen molar-refractivity contribution in [1.82, 2.24) is 5.32 Å².